The molecule has 5 nitrogen and oxygen atoms in total. The van der Waals surface area contributed by atoms with Crippen LogP contribution in [0, 0.1) is 10.1 Å². The molecule has 3 rings (SSSR count). The van der Waals surface area contributed by atoms with E-state index in [0.717, 1.165) is 4.47 Å². The van der Waals surface area contributed by atoms with Crippen LogP contribution < -0.4 is 0 Å². The molecule has 0 N–H and O–H groups in total. The van der Waals surface area contributed by atoms with Gasteiger partial charge in [-0.25, -0.2) is 4.98 Å². The third-order valence-electron chi connectivity index (χ3n) is 2.68. The highest BCUT2D eigenvalue weighted by atomic mass is 79.9. The van der Waals surface area contributed by atoms with Gasteiger partial charge in [-0.2, -0.15) is 0 Å². The zero-order valence-electron chi connectivity index (χ0n) is 9.54. The van der Waals surface area contributed by atoms with Crippen LogP contribution in [0.4, 0.5) is 5.69 Å². The number of hydrogen-bond acceptors (Lipinski definition) is 4. The van der Waals surface area contributed by atoms with E-state index in [1.54, 1.807) is 30.3 Å². The van der Waals surface area contributed by atoms with Gasteiger partial charge >= 0.3 is 0 Å². The highest BCUT2D eigenvalue weighted by Crippen LogP contribution is 2.31. The average molecular weight is 319 g/mol. The lowest BCUT2D eigenvalue weighted by Gasteiger charge is -1.96. The summed E-state index contributed by atoms with van der Waals surface area (Å²) in [5.74, 6) is 0.250. The van der Waals surface area contributed by atoms with E-state index in [-0.39, 0.29) is 11.6 Å². The SMILES string of the molecule is O=[N+]([O-])c1ccccc1-c1nc2ccc(Br)cc2o1. The van der Waals surface area contributed by atoms with Gasteiger partial charge in [-0.3, -0.25) is 10.1 Å². The summed E-state index contributed by atoms with van der Waals surface area (Å²) in [5, 5.41) is 11.0. The molecule has 0 fully saturated rings. The van der Waals surface area contributed by atoms with Gasteiger partial charge in [0.15, 0.2) is 5.58 Å². The lowest BCUT2D eigenvalue weighted by atomic mass is 10.2. The number of aromatic nitrogens is 1. The molecule has 6 heteroatoms. The molecule has 94 valence electrons. The number of benzene rings is 2. The molecule has 2 aromatic carbocycles. The summed E-state index contributed by atoms with van der Waals surface area (Å²) in [4.78, 5) is 14.8. The smallest absolute Gasteiger partial charge is 0.282 e. The second kappa shape index (κ2) is 4.47. The lowest BCUT2D eigenvalue weighted by Crippen LogP contribution is -1.91. The third-order valence-corrected chi connectivity index (χ3v) is 3.17. The number of para-hydroxylation sites is 1. The fraction of sp³-hybridized carbons (Fsp3) is 0. The number of nitro groups is 1. The van der Waals surface area contributed by atoms with Crippen LogP contribution in [0.1, 0.15) is 0 Å². The van der Waals surface area contributed by atoms with Crippen molar-refractivity contribution in [3.63, 3.8) is 0 Å². The average Bonchev–Trinajstić information content (AvgIpc) is 2.81. The van der Waals surface area contributed by atoms with Crippen LogP contribution in [-0.4, -0.2) is 9.91 Å². The molecule has 0 atom stereocenters. The topological polar surface area (TPSA) is 69.2 Å². The van der Waals surface area contributed by atoms with Crippen LogP contribution >= 0.6 is 15.9 Å². The summed E-state index contributed by atoms with van der Waals surface area (Å²) in [7, 11) is 0. The molecule has 0 aliphatic carbocycles. The highest BCUT2D eigenvalue weighted by Gasteiger charge is 2.19. The molecule has 0 saturated carbocycles. The number of halogens is 1. The molecule has 0 saturated heterocycles. The minimum Gasteiger partial charge on any atom is -0.436 e. The summed E-state index contributed by atoms with van der Waals surface area (Å²) in [6, 6.07) is 11.8. The molecule has 0 spiro atoms. The first-order valence-electron chi connectivity index (χ1n) is 5.45. The van der Waals surface area contributed by atoms with Crippen molar-refractivity contribution in [1.29, 1.82) is 0 Å². The standard InChI is InChI=1S/C13H7BrN2O3/c14-8-5-6-10-12(7-8)19-13(15-10)9-3-1-2-4-11(9)16(17)18/h1-7H. The third kappa shape index (κ3) is 2.10. The molecule has 0 aliphatic rings. The van der Waals surface area contributed by atoms with Crippen LogP contribution in [0.2, 0.25) is 0 Å². The Hall–Kier alpha value is -2.21. The van der Waals surface area contributed by atoms with E-state index in [4.69, 9.17) is 4.42 Å². The van der Waals surface area contributed by atoms with Crippen molar-refractivity contribution >= 4 is 32.7 Å². The number of oxazole rings is 1. The van der Waals surface area contributed by atoms with Crippen molar-refractivity contribution in [2.45, 2.75) is 0 Å². The monoisotopic (exact) mass is 318 g/mol. The molecule has 1 heterocycles. The normalized spacial score (nSPS) is 10.8. The van der Waals surface area contributed by atoms with Gasteiger partial charge in [-0.1, -0.05) is 28.1 Å². The maximum Gasteiger partial charge on any atom is 0.282 e. The first-order valence-corrected chi connectivity index (χ1v) is 6.24. The number of rotatable bonds is 2. The molecule has 0 unspecified atom stereocenters. The molecule has 0 amide bonds. The first kappa shape index (κ1) is 11.9. The Morgan fingerprint density at radius 1 is 1.21 bits per heavy atom. The van der Waals surface area contributed by atoms with Crippen molar-refractivity contribution in [3.8, 4) is 11.5 Å². The van der Waals surface area contributed by atoms with Gasteiger partial charge in [-0.05, 0) is 24.3 Å². The number of hydrogen-bond donors (Lipinski definition) is 0. The van der Waals surface area contributed by atoms with E-state index >= 15 is 0 Å². The number of nitrogens with zero attached hydrogens (tertiary/aromatic N) is 2. The number of nitro benzene ring substituents is 1. The Balaban J connectivity index is 2.22. The van der Waals surface area contributed by atoms with Crippen LogP contribution in [0.5, 0.6) is 0 Å². The van der Waals surface area contributed by atoms with Gasteiger partial charge in [-0.15, -0.1) is 0 Å². The number of fused-ring (bicyclic) bond motifs is 1. The van der Waals surface area contributed by atoms with Crippen LogP contribution in [0.25, 0.3) is 22.6 Å². The Labute approximate surface area is 116 Å². The fourth-order valence-electron chi connectivity index (χ4n) is 1.83. The van der Waals surface area contributed by atoms with Crippen LogP contribution in [0.15, 0.2) is 51.4 Å². The maximum atomic E-state index is 11.0. The minimum atomic E-state index is -0.444. The fourth-order valence-corrected chi connectivity index (χ4v) is 2.17. The van der Waals surface area contributed by atoms with E-state index in [2.05, 4.69) is 20.9 Å². The molecular weight excluding hydrogens is 312 g/mol. The predicted molar refractivity (Wildman–Crippen MR) is 73.8 cm³/mol. The molecule has 0 aliphatic heterocycles. The summed E-state index contributed by atoms with van der Waals surface area (Å²) in [6.07, 6.45) is 0. The van der Waals surface area contributed by atoms with Gasteiger partial charge in [0.05, 0.1) is 4.92 Å². The lowest BCUT2D eigenvalue weighted by molar-refractivity contribution is -0.384. The Morgan fingerprint density at radius 3 is 2.79 bits per heavy atom. The molecular formula is C13H7BrN2O3. The molecule has 19 heavy (non-hydrogen) atoms. The summed E-state index contributed by atoms with van der Waals surface area (Å²) in [6.45, 7) is 0. The quantitative estimate of drug-likeness (QED) is 0.525. The second-order valence-corrected chi connectivity index (χ2v) is 4.82. The van der Waals surface area contributed by atoms with Crippen molar-refractivity contribution < 1.29 is 9.34 Å². The van der Waals surface area contributed by atoms with Crippen LogP contribution in [0.3, 0.4) is 0 Å². The van der Waals surface area contributed by atoms with Crippen molar-refractivity contribution in [2.75, 3.05) is 0 Å². The highest BCUT2D eigenvalue weighted by molar-refractivity contribution is 9.10. The van der Waals surface area contributed by atoms with Crippen LogP contribution in [-0.2, 0) is 0 Å². The van der Waals surface area contributed by atoms with E-state index < -0.39 is 4.92 Å². The van der Waals surface area contributed by atoms with E-state index in [0.29, 0.717) is 16.7 Å². The molecule has 3 aromatic rings. The second-order valence-electron chi connectivity index (χ2n) is 3.91. The Morgan fingerprint density at radius 2 is 2.00 bits per heavy atom. The van der Waals surface area contributed by atoms with Gasteiger partial charge < -0.3 is 4.42 Å². The largest absolute Gasteiger partial charge is 0.436 e. The van der Waals surface area contributed by atoms with Crippen molar-refractivity contribution in [1.82, 2.24) is 4.98 Å². The van der Waals surface area contributed by atoms with Gasteiger partial charge in [0.1, 0.15) is 11.1 Å². The summed E-state index contributed by atoms with van der Waals surface area (Å²) < 4.78 is 6.45. The molecule has 1 aromatic heterocycles. The molecule has 0 radical (unpaired) electrons. The van der Waals surface area contributed by atoms with Crippen molar-refractivity contribution in [3.05, 3.63) is 57.1 Å². The van der Waals surface area contributed by atoms with Gasteiger partial charge in [0, 0.05) is 10.5 Å². The zero-order chi connectivity index (χ0) is 13.4. The predicted octanol–water partition coefficient (Wildman–Crippen LogP) is 4.17. The Bertz CT molecular complexity index is 782. The first-order chi connectivity index (χ1) is 9.15. The molecule has 0 bridgehead atoms. The van der Waals surface area contributed by atoms with E-state index in [9.17, 15) is 10.1 Å². The van der Waals surface area contributed by atoms with Gasteiger partial charge in [0.25, 0.3) is 5.69 Å². The summed E-state index contributed by atoms with van der Waals surface area (Å²) >= 11 is 3.34. The Kier molecular flexibility index (Phi) is 2.79. The minimum absolute atomic E-state index is 0.0203. The zero-order valence-corrected chi connectivity index (χ0v) is 11.1. The maximum absolute atomic E-state index is 11.0. The summed E-state index contributed by atoms with van der Waals surface area (Å²) in [5.41, 5.74) is 1.60. The van der Waals surface area contributed by atoms with E-state index in [1.807, 2.05) is 6.07 Å². The van der Waals surface area contributed by atoms with Crippen molar-refractivity contribution in [2.24, 2.45) is 0 Å². The van der Waals surface area contributed by atoms with E-state index in [1.165, 1.54) is 6.07 Å². The van der Waals surface area contributed by atoms with Gasteiger partial charge in [0.2, 0.25) is 5.89 Å².